The molecule has 1 aromatic rings. The maximum Gasteiger partial charge on any atom is 0.237 e. The van der Waals surface area contributed by atoms with Crippen molar-refractivity contribution in [2.24, 2.45) is 11.1 Å². The van der Waals surface area contributed by atoms with E-state index < -0.39 is 6.04 Å². The van der Waals surface area contributed by atoms with Gasteiger partial charge in [0, 0.05) is 4.47 Å². The van der Waals surface area contributed by atoms with Crippen LogP contribution in [0.5, 0.6) is 0 Å². The van der Waals surface area contributed by atoms with Crippen LogP contribution in [-0.2, 0) is 4.79 Å². The van der Waals surface area contributed by atoms with Gasteiger partial charge in [-0.2, -0.15) is 0 Å². The third kappa shape index (κ3) is 4.10. The second-order valence-electron chi connectivity index (χ2n) is 5.63. The second-order valence-corrected chi connectivity index (χ2v) is 6.54. The summed E-state index contributed by atoms with van der Waals surface area (Å²) < 4.78 is 1.02. The summed E-state index contributed by atoms with van der Waals surface area (Å²) in [6.07, 6.45) is 0. The van der Waals surface area contributed by atoms with Crippen molar-refractivity contribution in [2.45, 2.75) is 39.8 Å². The minimum Gasteiger partial charge on any atom is -0.348 e. The molecule has 4 heteroatoms. The van der Waals surface area contributed by atoms with Crippen LogP contribution in [0.25, 0.3) is 0 Å². The van der Waals surface area contributed by atoms with Crippen LogP contribution in [0.4, 0.5) is 0 Å². The summed E-state index contributed by atoms with van der Waals surface area (Å²) in [4.78, 5) is 12.0. The van der Waals surface area contributed by atoms with Gasteiger partial charge in [-0.25, -0.2) is 0 Å². The predicted molar refractivity (Wildman–Crippen MR) is 78.1 cm³/mol. The molecule has 0 aromatic heterocycles. The van der Waals surface area contributed by atoms with Gasteiger partial charge >= 0.3 is 0 Å². The minimum absolute atomic E-state index is 0.0426. The van der Waals surface area contributed by atoms with E-state index in [1.165, 1.54) is 0 Å². The van der Waals surface area contributed by atoms with Crippen LogP contribution in [-0.4, -0.2) is 11.9 Å². The lowest BCUT2D eigenvalue weighted by atomic mass is 9.86. The third-order valence-corrected chi connectivity index (χ3v) is 3.47. The molecule has 0 saturated carbocycles. The Morgan fingerprint density at radius 2 is 1.78 bits per heavy atom. The molecule has 3 N–H and O–H groups in total. The topological polar surface area (TPSA) is 55.1 Å². The van der Waals surface area contributed by atoms with E-state index in [1.54, 1.807) is 0 Å². The third-order valence-electron chi connectivity index (χ3n) is 2.94. The van der Waals surface area contributed by atoms with Gasteiger partial charge in [-0.1, -0.05) is 48.8 Å². The number of hydrogen-bond donors (Lipinski definition) is 2. The number of carbonyl (C=O) groups excluding carboxylic acids is 1. The Hall–Kier alpha value is -0.870. The Morgan fingerprint density at radius 3 is 2.22 bits per heavy atom. The molecule has 0 heterocycles. The molecular formula is C14H21BrN2O. The molecule has 1 aromatic carbocycles. The number of halogens is 1. The van der Waals surface area contributed by atoms with Crippen LogP contribution in [0.1, 0.15) is 39.3 Å². The van der Waals surface area contributed by atoms with Gasteiger partial charge in [-0.15, -0.1) is 0 Å². The Kier molecular flexibility index (Phi) is 4.93. The summed E-state index contributed by atoms with van der Waals surface area (Å²) in [6.45, 7) is 7.83. The largest absolute Gasteiger partial charge is 0.348 e. The number of hydrogen-bond acceptors (Lipinski definition) is 2. The Morgan fingerprint density at radius 1 is 1.28 bits per heavy atom. The molecular weight excluding hydrogens is 292 g/mol. The molecule has 0 unspecified atom stereocenters. The Balaban J connectivity index is 2.68. The zero-order valence-electron chi connectivity index (χ0n) is 11.3. The van der Waals surface area contributed by atoms with E-state index in [2.05, 4.69) is 21.2 Å². The van der Waals surface area contributed by atoms with E-state index in [4.69, 9.17) is 5.73 Å². The van der Waals surface area contributed by atoms with Gasteiger partial charge in [0.05, 0.1) is 12.1 Å². The standard InChI is InChI=1S/C14H21BrN2O/c1-9(10-5-7-11(15)8-6-10)17-13(18)12(16)14(2,3)4/h5-9,12H,16H2,1-4H3,(H,17,18)/t9-,12+/m0/s1. The van der Waals surface area contributed by atoms with E-state index in [0.29, 0.717) is 0 Å². The lowest BCUT2D eigenvalue weighted by molar-refractivity contribution is -0.125. The van der Waals surface area contributed by atoms with E-state index in [1.807, 2.05) is 52.0 Å². The number of benzene rings is 1. The van der Waals surface area contributed by atoms with Crippen LogP contribution < -0.4 is 11.1 Å². The van der Waals surface area contributed by atoms with Gasteiger partial charge in [-0.05, 0) is 30.0 Å². The van der Waals surface area contributed by atoms with Crippen molar-refractivity contribution in [2.75, 3.05) is 0 Å². The molecule has 100 valence electrons. The quantitative estimate of drug-likeness (QED) is 0.901. The zero-order chi connectivity index (χ0) is 13.9. The number of nitrogens with two attached hydrogens (primary N) is 1. The van der Waals surface area contributed by atoms with Crippen molar-refractivity contribution >= 4 is 21.8 Å². The smallest absolute Gasteiger partial charge is 0.237 e. The predicted octanol–water partition coefficient (Wildman–Crippen LogP) is 3.00. The molecule has 0 aliphatic heterocycles. The highest BCUT2D eigenvalue weighted by atomic mass is 79.9. The first-order valence-electron chi connectivity index (χ1n) is 6.03. The summed E-state index contributed by atoms with van der Waals surface area (Å²) in [6, 6.07) is 7.34. The van der Waals surface area contributed by atoms with Gasteiger partial charge in [0.25, 0.3) is 0 Å². The van der Waals surface area contributed by atoms with Crippen molar-refractivity contribution in [3.8, 4) is 0 Å². The molecule has 0 radical (unpaired) electrons. The highest BCUT2D eigenvalue weighted by molar-refractivity contribution is 9.10. The van der Waals surface area contributed by atoms with Crippen molar-refractivity contribution in [3.63, 3.8) is 0 Å². The zero-order valence-corrected chi connectivity index (χ0v) is 12.9. The molecule has 1 amide bonds. The molecule has 3 nitrogen and oxygen atoms in total. The Labute approximate surface area is 117 Å². The monoisotopic (exact) mass is 312 g/mol. The molecule has 18 heavy (non-hydrogen) atoms. The van der Waals surface area contributed by atoms with Gasteiger partial charge in [0.1, 0.15) is 0 Å². The van der Waals surface area contributed by atoms with E-state index in [-0.39, 0.29) is 17.4 Å². The van der Waals surface area contributed by atoms with Crippen molar-refractivity contribution in [3.05, 3.63) is 34.3 Å². The van der Waals surface area contributed by atoms with Crippen LogP contribution in [0.2, 0.25) is 0 Å². The fourth-order valence-corrected chi connectivity index (χ4v) is 1.80. The molecule has 0 spiro atoms. The number of amides is 1. The lowest BCUT2D eigenvalue weighted by Gasteiger charge is -2.27. The maximum absolute atomic E-state index is 12.0. The van der Waals surface area contributed by atoms with E-state index >= 15 is 0 Å². The van der Waals surface area contributed by atoms with Gasteiger partial charge in [0.15, 0.2) is 0 Å². The summed E-state index contributed by atoms with van der Waals surface area (Å²) >= 11 is 3.39. The number of rotatable bonds is 3. The minimum atomic E-state index is -0.504. The first-order chi connectivity index (χ1) is 8.21. The van der Waals surface area contributed by atoms with Crippen LogP contribution in [0.3, 0.4) is 0 Å². The summed E-state index contributed by atoms with van der Waals surface area (Å²) in [5, 5.41) is 2.94. The van der Waals surface area contributed by atoms with Gasteiger partial charge in [-0.3, -0.25) is 4.79 Å². The Bertz CT molecular complexity index is 409. The molecule has 0 fully saturated rings. The second kappa shape index (κ2) is 5.85. The van der Waals surface area contributed by atoms with Crippen molar-refractivity contribution in [1.82, 2.24) is 5.32 Å². The number of carbonyl (C=O) groups is 1. The van der Waals surface area contributed by atoms with Crippen LogP contribution >= 0.6 is 15.9 Å². The van der Waals surface area contributed by atoms with E-state index in [0.717, 1.165) is 10.0 Å². The highest BCUT2D eigenvalue weighted by Gasteiger charge is 2.28. The van der Waals surface area contributed by atoms with Gasteiger partial charge in [0.2, 0.25) is 5.91 Å². The molecule has 1 rings (SSSR count). The van der Waals surface area contributed by atoms with Crippen molar-refractivity contribution < 1.29 is 4.79 Å². The molecule has 2 atom stereocenters. The fourth-order valence-electron chi connectivity index (χ4n) is 1.53. The summed E-state index contributed by atoms with van der Waals surface area (Å²) in [7, 11) is 0. The normalized spacial score (nSPS) is 15.0. The van der Waals surface area contributed by atoms with Crippen molar-refractivity contribution in [1.29, 1.82) is 0 Å². The first-order valence-corrected chi connectivity index (χ1v) is 6.82. The molecule has 0 aliphatic carbocycles. The maximum atomic E-state index is 12.0. The number of nitrogens with one attached hydrogen (secondary N) is 1. The van der Waals surface area contributed by atoms with Gasteiger partial charge < -0.3 is 11.1 Å². The average Bonchev–Trinajstić information content (AvgIpc) is 2.27. The molecule has 0 bridgehead atoms. The van der Waals surface area contributed by atoms with Crippen LogP contribution in [0.15, 0.2) is 28.7 Å². The van der Waals surface area contributed by atoms with Crippen LogP contribution in [0, 0.1) is 5.41 Å². The highest BCUT2D eigenvalue weighted by Crippen LogP contribution is 2.20. The first kappa shape index (κ1) is 15.2. The van der Waals surface area contributed by atoms with E-state index in [9.17, 15) is 4.79 Å². The lowest BCUT2D eigenvalue weighted by Crippen LogP contribution is -2.49. The fraction of sp³-hybridized carbons (Fsp3) is 0.500. The summed E-state index contributed by atoms with van der Waals surface area (Å²) in [5.41, 5.74) is 6.76. The SMILES string of the molecule is C[C@H](NC(=O)[C@@H](N)C(C)(C)C)c1ccc(Br)cc1. The summed E-state index contributed by atoms with van der Waals surface area (Å²) in [5.74, 6) is -0.113. The average molecular weight is 313 g/mol. The molecule has 0 aliphatic rings. The molecule has 0 saturated heterocycles.